The molecular weight excluding hydrogens is 445 g/mol. The molecule has 1 amide bonds. The predicted molar refractivity (Wildman–Crippen MR) is 83.9 cm³/mol. The standard InChI is InChI=1S/C13H7Br3FNO/c14-7-4-5-8(10(16)6-7)13(19)18-12-9(15)2-1-3-11(12)17/h1-6H,(H,18,19). The summed E-state index contributed by atoms with van der Waals surface area (Å²) in [7, 11) is 0. The second-order valence-corrected chi connectivity index (χ2v) is 6.30. The lowest BCUT2D eigenvalue weighted by Gasteiger charge is -2.09. The Labute approximate surface area is 134 Å². The molecule has 6 heteroatoms. The molecule has 98 valence electrons. The van der Waals surface area contributed by atoms with E-state index in [0.29, 0.717) is 14.5 Å². The molecule has 0 saturated heterocycles. The SMILES string of the molecule is O=C(Nc1c(F)cccc1Br)c1ccc(Br)cc1Br. The lowest BCUT2D eigenvalue weighted by Crippen LogP contribution is -2.14. The summed E-state index contributed by atoms with van der Waals surface area (Å²) in [5, 5.41) is 2.55. The summed E-state index contributed by atoms with van der Waals surface area (Å²) in [5.74, 6) is -0.874. The van der Waals surface area contributed by atoms with Crippen LogP contribution in [0.3, 0.4) is 0 Å². The van der Waals surface area contributed by atoms with Crippen LogP contribution in [0, 0.1) is 5.82 Å². The topological polar surface area (TPSA) is 29.1 Å². The molecule has 2 aromatic carbocycles. The number of carbonyl (C=O) groups is 1. The predicted octanol–water partition coefficient (Wildman–Crippen LogP) is 5.37. The van der Waals surface area contributed by atoms with Crippen molar-refractivity contribution in [2.75, 3.05) is 5.32 Å². The molecule has 0 heterocycles. The number of nitrogens with one attached hydrogen (secondary N) is 1. The van der Waals surface area contributed by atoms with E-state index >= 15 is 0 Å². The largest absolute Gasteiger partial charge is 0.318 e. The van der Waals surface area contributed by atoms with Gasteiger partial charge in [-0.3, -0.25) is 4.79 Å². The second kappa shape index (κ2) is 6.15. The van der Waals surface area contributed by atoms with Gasteiger partial charge in [-0.15, -0.1) is 0 Å². The zero-order chi connectivity index (χ0) is 14.0. The molecule has 0 aliphatic heterocycles. The van der Waals surface area contributed by atoms with Gasteiger partial charge in [-0.1, -0.05) is 22.0 Å². The zero-order valence-electron chi connectivity index (χ0n) is 9.38. The smallest absolute Gasteiger partial charge is 0.256 e. The van der Waals surface area contributed by atoms with E-state index in [2.05, 4.69) is 53.1 Å². The first-order valence-corrected chi connectivity index (χ1v) is 7.57. The summed E-state index contributed by atoms with van der Waals surface area (Å²) in [6.45, 7) is 0. The molecule has 0 aliphatic carbocycles. The van der Waals surface area contributed by atoms with E-state index in [0.717, 1.165) is 4.47 Å². The first kappa shape index (κ1) is 14.7. The summed E-state index contributed by atoms with van der Waals surface area (Å²) in [6.07, 6.45) is 0. The van der Waals surface area contributed by atoms with Crippen LogP contribution in [0.1, 0.15) is 10.4 Å². The Hall–Kier alpha value is -0.720. The number of para-hydroxylation sites is 1. The van der Waals surface area contributed by atoms with Crippen LogP contribution in [-0.4, -0.2) is 5.91 Å². The third-order valence-corrected chi connectivity index (χ3v) is 4.19. The molecule has 0 aromatic heterocycles. The van der Waals surface area contributed by atoms with Crippen LogP contribution < -0.4 is 5.32 Å². The van der Waals surface area contributed by atoms with Crippen molar-refractivity contribution in [1.29, 1.82) is 0 Å². The van der Waals surface area contributed by atoms with Crippen LogP contribution in [0.15, 0.2) is 49.8 Å². The highest BCUT2D eigenvalue weighted by atomic mass is 79.9. The van der Waals surface area contributed by atoms with E-state index in [1.807, 2.05) is 0 Å². The summed E-state index contributed by atoms with van der Waals surface area (Å²) in [5.41, 5.74) is 0.556. The number of hydrogen-bond donors (Lipinski definition) is 1. The van der Waals surface area contributed by atoms with Crippen molar-refractivity contribution in [2.45, 2.75) is 0 Å². The van der Waals surface area contributed by atoms with Crippen molar-refractivity contribution in [3.05, 3.63) is 61.2 Å². The summed E-state index contributed by atoms with van der Waals surface area (Å²) >= 11 is 9.81. The summed E-state index contributed by atoms with van der Waals surface area (Å²) in [4.78, 5) is 12.1. The average molecular weight is 452 g/mol. The quantitative estimate of drug-likeness (QED) is 0.653. The van der Waals surface area contributed by atoms with E-state index in [1.165, 1.54) is 6.07 Å². The van der Waals surface area contributed by atoms with E-state index in [9.17, 15) is 9.18 Å². The first-order chi connectivity index (χ1) is 8.99. The third-order valence-electron chi connectivity index (χ3n) is 2.38. The summed E-state index contributed by atoms with van der Waals surface area (Å²) in [6, 6.07) is 9.66. The first-order valence-electron chi connectivity index (χ1n) is 5.19. The maximum Gasteiger partial charge on any atom is 0.256 e. The highest BCUT2D eigenvalue weighted by Crippen LogP contribution is 2.27. The zero-order valence-corrected chi connectivity index (χ0v) is 14.1. The number of halogens is 4. The van der Waals surface area contributed by atoms with E-state index in [4.69, 9.17) is 0 Å². The molecule has 0 radical (unpaired) electrons. The molecule has 2 nitrogen and oxygen atoms in total. The molecule has 0 unspecified atom stereocenters. The van der Waals surface area contributed by atoms with Gasteiger partial charge < -0.3 is 5.32 Å². The Morgan fingerprint density at radius 3 is 2.42 bits per heavy atom. The minimum atomic E-state index is -0.490. The lowest BCUT2D eigenvalue weighted by molar-refractivity contribution is 0.102. The highest BCUT2D eigenvalue weighted by molar-refractivity contribution is 9.11. The molecule has 0 bridgehead atoms. The Balaban J connectivity index is 2.31. The van der Waals surface area contributed by atoms with E-state index in [-0.39, 0.29) is 11.6 Å². The fourth-order valence-corrected chi connectivity index (χ4v) is 3.14. The molecule has 1 N–H and O–H groups in total. The van der Waals surface area contributed by atoms with Gasteiger partial charge in [0.15, 0.2) is 0 Å². The Bertz CT molecular complexity index is 626. The fraction of sp³-hybridized carbons (Fsp3) is 0. The highest BCUT2D eigenvalue weighted by Gasteiger charge is 2.14. The van der Waals surface area contributed by atoms with Gasteiger partial charge in [-0.05, 0) is 62.2 Å². The number of hydrogen-bond acceptors (Lipinski definition) is 1. The van der Waals surface area contributed by atoms with E-state index < -0.39 is 5.82 Å². The van der Waals surface area contributed by atoms with Gasteiger partial charge in [0.05, 0.1) is 11.3 Å². The molecular formula is C13H7Br3FNO. The number of anilines is 1. The van der Waals surface area contributed by atoms with Crippen molar-refractivity contribution in [3.63, 3.8) is 0 Å². The van der Waals surface area contributed by atoms with Crippen molar-refractivity contribution in [3.8, 4) is 0 Å². The van der Waals surface area contributed by atoms with Crippen LogP contribution in [0.25, 0.3) is 0 Å². The number of carbonyl (C=O) groups excluding carboxylic acids is 1. The van der Waals surface area contributed by atoms with Gasteiger partial charge in [0.25, 0.3) is 5.91 Å². The van der Waals surface area contributed by atoms with Gasteiger partial charge in [-0.25, -0.2) is 4.39 Å². The van der Waals surface area contributed by atoms with Crippen LogP contribution in [0.2, 0.25) is 0 Å². The Morgan fingerprint density at radius 2 is 1.79 bits per heavy atom. The molecule has 0 spiro atoms. The Kier molecular flexibility index (Phi) is 4.76. The normalized spacial score (nSPS) is 10.3. The van der Waals surface area contributed by atoms with Crippen LogP contribution in [0.5, 0.6) is 0 Å². The number of rotatable bonds is 2. The Morgan fingerprint density at radius 1 is 1.05 bits per heavy atom. The second-order valence-electron chi connectivity index (χ2n) is 3.67. The van der Waals surface area contributed by atoms with Gasteiger partial charge in [-0.2, -0.15) is 0 Å². The van der Waals surface area contributed by atoms with Crippen molar-refractivity contribution >= 4 is 59.4 Å². The van der Waals surface area contributed by atoms with Crippen molar-refractivity contribution < 1.29 is 9.18 Å². The molecule has 2 rings (SSSR count). The molecule has 0 fully saturated rings. The van der Waals surface area contributed by atoms with Crippen LogP contribution >= 0.6 is 47.8 Å². The lowest BCUT2D eigenvalue weighted by atomic mass is 10.2. The number of benzene rings is 2. The average Bonchev–Trinajstić information content (AvgIpc) is 2.33. The monoisotopic (exact) mass is 449 g/mol. The molecule has 19 heavy (non-hydrogen) atoms. The molecule has 0 atom stereocenters. The van der Waals surface area contributed by atoms with E-state index in [1.54, 1.807) is 30.3 Å². The van der Waals surface area contributed by atoms with Gasteiger partial charge in [0, 0.05) is 13.4 Å². The number of amides is 1. The van der Waals surface area contributed by atoms with Crippen LogP contribution in [-0.2, 0) is 0 Å². The minimum Gasteiger partial charge on any atom is -0.318 e. The van der Waals surface area contributed by atoms with Crippen molar-refractivity contribution in [1.82, 2.24) is 0 Å². The molecule has 0 saturated carbocycles. The van der Waals surface area contributed by atoms with Gasteiger partial charge in [0.1, 0.15) is 5.82 Å². The maximum atomic E-state index is 13.6. The summed E-state index contributed by atoms with van der Waals surface area (Å²) < 4.78 is 15.6. The van der Waals surface area contributed by atoms with Gasteiger partial charge >= 0.3 is 0 Å². The van der Waals surface area contributed by atoms with Gasteiger partial charge in [0.2, 0.25) is 0 Å². The fourth-order valence-electron chi connectivity index (χ4n) is 1.47. The molecule has 2 aromatic rings. The van der Waals surface area contributed by atoms with Crippen LogP contribution in [0.4, 0.5) is 10.1 Å². The molecule has 0 aliphatic rings. The van der Waals surface area contributed by atoms with Crippen molar-refractivity contribution in [2.24, 2.45) is 0 Å². The third kappa shape index (κ3) is 3.43. The minimum absolute atomic E-state index is 0.127. The maximum absolute atomic E-state index is 13.6.